The van der Waals surface area contributed by atoms with Crippen LogP contribution in [0.15, 0.2) is 47.4 Å². The monoisotopic (exact) mass is 455 g/mol. The fourth-order valence-corrected chi connectivity index (χ4v) is 3.58. The highest BCUT2D eigenvalue weighted by Crippen LogP contribution is 2.27. The lowest BCUT2D eigenvalue weighted by Gasteiger charge is -2.16. The second-order valence-corrected chi connectivity index (χ2v) is 8.66. The van der Waals surface area contributed by atoms with Crippen LogP contribution in [0.3, 0.4) is 0 Å². The number of hydrogen-bond acceptors (Lipinski definition) is 7. The summed E-state index contributed by atoms with van der Waals surface area (Å²) in [5.74, 6) is -1.70. The van der Waals surface area contributed by atoms with Crippen LogP contribution >= 0.6 is 11.6 Å². The van der Waals surface area contributed by atoms with Crippen LogP contribution in [-0.4, -0.2) is 49.7 Å². The summed E-state index contributed by atoms with van der Waals surface area (Å²) in [5, 5.41) is 13.1. The van der Waals surface area contributed by atoms with E-state index in [9.17, 15) is 28.1 Å². The molecule has 2 rings (SSSR count). The van der Waals surface area contributed by atoms with E-state index in [0.29, 0.717) is 0 Å². The molecule has 0 aliphatic heterocycles. The first-order chi connectivity index (χ1) is 14.0. The molecule has 1 N–H and O–H groups in total. The maximum Gasteiger partial charge on any atom is 0.321 e. The molecule has 0 aliphatic carbocycles. The van der Waals surface area contributed by atoms with E-state index in [1.165, 1.54) is 31.3 Å². The van der Waals surface area contributed by atoms with Crippen LogP contribution in [0.25, 0.3) is 0 Å². The molecular formula is C18H18ClN3O7S. The summed E-state index contributed by atoms with van der Waals surface area (Å²) in [6, 6.07) is 9.75. The van der Waals surface area contributed by atoms with Gasteiger partial charge < -0.3 is 10.1 Å². The van der Waals surface area contributed by atoms with Crippen LogP contribution in [0.1, 0.15) is 5.56 Å². The number of nitro benzene ring substituents is 1. The van der Waals surface area contributed by atoms with E-state index in [-0.39, 0.29) is 15.6 Å². The first kappa shape index (κ1) is 23.3. The number of nitro groups is 1. The van der Waals surface area contributed by atoms with Gasteiger partial charge in [0, 0.05) is 18.8 Å². The van der Waals surface area contributed by atoms with Crippen molar-refractivity contribution in [3.63, 3.8) is 0 Å². The Balaban J connectivity index is 1.91. The number of likely N-dealkylation sites (N-methyl/N-ethyl adjacent to an activating group) is 1. The van der Waals surface area contributed by atoms with Gasteiger partial charge in [0.1, 0.15) is 11.6 Å². The Kier molecular flexibility index (Phi) is 7.48. The molecule has 0 spiro atoms. The average Bonchev–Trinajstić information content (AvgIpc) is 2.68. The van der Waals surface area contributed by atoms with Crippen LogP contribution in [0.2, 0.25) is 5.02 Å². The third-order valence-corrected chi connectivity index (χ3v) is 6.01. The molecule has 0 saturated heterocycles. The van der Waals surface area contributed by atoms with Gasteiger partial charge in [-0.15, -0.1) is 0 Å². The van der Waals surface area contributed by atoms with Crippen LogP contribution in [0.5, 0.6) is 0 Å². The Labute approximate surface area is 177 Å². The highest BCUT2D eigenvalue weighted by atomic mass is 35.5. The number of ether oxygens (including phenoxy) is 1. The summed E-state index contributed by atoms with van der Waals surface area (Å²) in [6.07, 6.45) is 0. The molecular weight excluding hydrogens is 438 g/mol. The number of amides is 1. The maximum absolute atomic E-state index is 12.4. The molecule has 0 atom stereocenters. The number of carbonyl (C=O) groups is 2. The van der Waals surface area contributed by atoms with E-state index < -0.39 is 45.7 Å². The molecule has 2 aromatic rings. The molecule has 1 amide bonds. The van der Waals surface area contributed by atoms with Gasteiger partial charge in [0.05, 0.1) is 9.82 Å². The van der Waals surface area contributed by atoms with Gasteiger partial charge in [0.2, 0.25) is 10.0 Å². The van der Waals surface area contributed by atoms with Crippen LogP contribution in [0.4, 0.5) is 11.4 Å². The molecule has 0 heterocycles. The molecule has 0 fully saturated rings. The molecule has 0 aromatic heterocycles. The Morgan fingerprint density at radius 2 is 1.83 bits per heavy atom. The van der Waals surface area contributed by atoms with Crippen molar-refractivity contribution in [3.05, 3.63) is 63.2 Å². The molecule has 12 heteroatoms. The summed E-state index contributed by atoms with van der Waals surface area (Å²) in [7, 11) is -2.69. The predicted octanol–water partition coefficient (Wildman–Crippen LogP) is 2.36. The molecule has 0 unspecified atom stereocenters. The minimum absolute atomic E-state index is 0.0190. The summed E-state index contributed by atoms with van der Waals surface area (Å²) in [5.41, 5.74) is 0.577. The predicted molar refractivity (Wildman–Crippen MR) is 109 cm³/mol. The van der Waals surface area contributed by atoms with Crippen molar-refractivity contribution in [2.75, 3.05) is 25.5 Å². The molecule has 2 aromatic carbocycles. The number of sulfonamides is 1. The van der Waals surface area contributed by atoms with Crippen molar-refractivity contribution < 1.29 is 27.7 Å². The highest BCUT2D eigenvalue weighted by molar-refractivity contribution is 7.89. The zero-order valence-corrected chi connectivity index (χ0v) is 17.6. The zero-order chi connectivity index (χ0) is 22.5. The van der Waals surface area contributed by atoms with Crippen molar-refractivity contribution in [2.24, 2.45) is 0 Å². The van der Waals surface area contributed by atoms with E-state index >= 15 is 0 Å². The number of halogens is 1. The van der Waals surface area contributed by atoms with Crippen LogP contribution in [0, 0.1) is 17.0 Å². The fourth-order valence-electron chi connectivity index (χ4n) is 2.28. The number of aryl methyl sites for hydroxylation is 1. The Hall–Kier alpha value is -3.02. The Morgan fingerprint density at radius 3 is 2.43 bits per heavy atom. The molecule has 0 saturated carbocycles. The third-order valence-electron chi connectivity index (χ3n) is 3.87. The summed E-state index contributed by atoms with van der Waals surface area (Å²) in [6.45, 7) is 0.508. The van der Waals surface area contributed by atoms with Crippen LogP contribution < -0.4 is 5.32 Å². The van der Waals surface area contributed by atoms with Crippen molar-refractivity contribution in [3.8, 4) is 0 Å². The van der Waals surface area contributed by atoms with E-state index in [4.69, 9.17) is 16.3 Å². The smallest absolute Gasteiger partial charge is 0.321 e. The number of hydrogen-bond donors (Lipinski definition) is 1. The Bertz CT molecular complexity index is 1070. The number of benzene rings is 2. The highest BCUT2D eigenvalue weighted by Gasteiger charge is 2.24. The van der Waals surface area contributed by atoms with Gasteiger partial charge in [0.15, 0.2) is 6.61 Å². The average molecular weight is 456 g/mol. The van der Waals surface area contributed by atoms with Gasteiger partial charge in [-0.3, -0.25) is 19.7 Å². The molecule has 30 heavy (non-hydrogen) atoms. The van der Waals surface area contributed by atoms with Gasteiger partial charge in [0.25, 0.3) is 11.6 Å². The van der Waals surface area contributed by atoms with E-state index in [2.05, 4.69) is 5.32 Å². The fraction of sp³-hybridized carbons (Fsp3) is 0.222. The van der Waals surface area contributed by atoms with Gasteiger partial charge in [-0.2, -0.15) is 4.31 Å². The number of anilines is 1. The van der Waals surface area contributed by atoms with Crippen molar-refractivity contribution >= 4 is 44.9 Å². The molecule has 160 valence electrons. The summed E-state index contributed by atoms with van der Waals surface area (Å²) >= 11 is 5.69. The quantitative estimate of drug-likeness (QED) is 0.366. The lowest BCUT2D eigenvalue weighted by Crippen LogP contribution is -2.34. The SMILES string of the molecule is Cc1ccc(S(=O)(=O)N(C)CC(=O)OCC(=O)Nc2ccc(Cl)c([N+](=O)[O-])c2)cc1. The number of esters is 1. The maximum atomic E-state index is 12.4. The largest absolute Gasteiger partial charge is 0.455 e. The van der Waals surface area contributed by atoms with Crippen molar-refractivity contribution in [1.82, 2.24) is 4.31 Å². The normalized spacial score (nSPS) is 11.2. The summed E-state index contributed by atoms with van der Waals surface area (Å²) < 4.78 is 30.5. The van der Waals surface area contributed by atoms with Gasteiger partial charge >= 0.3 is 5.97 Å². The second-order valence-electron chi connectivity index (χ2n) is 6.21. The number of nitrogens with one attached hydrogen (secondary N) is 1. The van der Waals surface area contributed by atoms with Crippen molar-refractivity contribution in [1.29, 1.82) is 0 Å². The Morgan fingerprint density at radius 1 is 1.20 bits per heavy atom. The molecule has 10 nitrogen and oxygen atoms in total. The van der Waals surface area contributed by atoms with Gasteiger partial charge in [-0.1, -0.05) is 29.3 Å². The van der Waals surface area contributed by atoms with Gasteiger partial charge in [-0.25, -0.2) is 8.42 Å². The molecule has 0 radical (unpaired) electrons. The lowest BCUT2D eigenvalue weighted by molar-refractivity contribution is -0.384. The standard InChI is InChI=1S/C18H18ClN3O7S/c1-12-3-6-14(7-4-12)30(27,28)21(2)10-18(24)29-11-17(23)20-13-5-8-15(19)16(9-13)22(25)26/h3-9H,10-11H2,1-2H3,(H,20,23). The van der Waals surface area contributed by atoms with Crippen LogP contribution in [-0.2, 0) is 24.3 Å². The minimum atomic E-state index is -3.90. The molecule has 0 bridgehead atoms. The second kappa shape index (κ2) is 9.65. The zero-order valence-electron chi connectivity index (χ0n) is 16.0. The van der Waals surface area contributed by atoms with E-state index in [1.807, 2.05) is 6.92 Å². The van der Waals surface area contributed by atoms with E-state index in [1.54, 1.807) is 12.1 Å². The number of rotatable bonds is 8. The third kappa shape index (κ3) is 5.99. The number of nitrogens with zero attached hydrogens (tertiary/aromatic N) is 2. The first-order valence-corrected chi connectivity index (χ1v) is 10.2. The van der Waals surface area contributed by atoms with Crippen molar-refractivity contribution in [2.45, 2.75) is 11.8 Å². The minimum Gasteiger partial charge on any atom is -0.455 e. The lowest BCUT2D eigenvalue weighted by atomic mass is 10.2. The first-order valence-electron chi connectivity index (χ1n) is 8.43. The van der Waals surface area contributed by atoms with E-state index in [0.717, 1.165) is 15.9 Å². The molecule has 0 aliphatic rings. The number of carbonyl (C=O) groups excluding carboxylic acids is 2. The van der Waals surface area contributed by atoms with Gasteiger partial charge in [-0.05, 0) is 31.2 Å². The summed E-state index contributed by atoms with van der Waals surface area (Å²) in [4.78, 5) is 34.0. The topological polar surface area (TPSA) is 136 Å².